The van der Waals surface area contributed by atoms with E-state index in [1.807, 2.05) is 0 Å². The fourth-order valence-corrected chi connectivity index (χ4v) is 2.47. The first-order valence-corrected chi connectivity index (χ1v) is 6.24. The third-order valence-corrected chi connectivity index (χ3v) is 3.19. The van der Waals surface area contributed by atoms with Gasteiger partial charge in [0, 0.05) is 6.54 Å². The quantitative estimate of drug-likeness (QED) is 0.844. The van der Waals surface area contributed by atoms with Crippen LogP contribution in [0.3, 0.4) is 0 Å². The van der Waals surface area contributed by atoms with Crippen LogP contribution in [0.2, 0.25) is 8.67 Å². The van der Waals surface area contributed by atoms with Crippen molar-refractivity contribution in [3.63, 3.8) is 0 Å². The van der Waals surface area contributed by atoms with E-state index in [9.17, 15) is 18.0 Å². The average Bonchev–Trinajstić information content (AvgIpc) is 2.55. The number of alkyl halides is 3. The third-order valence-electron chi connectivity index (χ3n) is 1.70. The van der Waals surface area contributed by atoms with Crippen molar-refractivity contribution < 1.29 is 22.7 Å². The standard InChI is InChI=1S/C9H8Cl2F3NO2S/c10-6-3-5(7(11)18-6)8(16)15-1-2-17-4-9(12,13)14/h3H,1-2,4H2,(H,15,16). The Balaban J connectivity index is 2.28. The summed E-state index contributed by atoms with van der Waals surface area (Å²) in [5.74, 6) is -0.501. The van der Waals surface area contributed by atoms with E-state index >= 15 is 0 Å². The molecule has 0 aliphatic carbocycles. The Kier molecular flexibility index (Phi) is 5.71. The summed E-state index contributed by atoms with van der Waals surface area (Å²) in [7, 11) is 0. The van der Waals surface area contributed by atoms with Crippen molar-refractivity contribution in [1.82, 2.24) is 5.32 Å². The molecule has 1 rings (SSSR count). The molecule has 0 unspecified atom stereocenters. The van der Waals surface area contributed by atoms with Gasteiger partial charge in [-0.15, -0.1) is 11.3 Å². The molecule has 102 valence electrons. The van der Waals surface area contributed by atoms with E-state index in [0.29, 0.717) is 4.34 Å². The Labute approximate surface area is 115 Å². The van der Waals surface area contributed by atoms with Gasteiger partial charge in [0.1, 0.15) is 10.9 Å². The largest absolute Gasteiger partial charge is 0.411 e. The van der Waals surface area contributed by atoms with Gasteiger partial charge in [-0.05, 0) is 6.07 Å². The van der Waals surface area contributed by atoms with E-state index < -0.39 is 18.7 Å². The van der Waals surface area contributed by atoms with Gasteiger partial charge in [0.2, 0.25) is 0 Å². The van der Waals surface area contributed by atoms with Crippen LogP contribution in [0.1, 0.15) is 10.4 Å². The lowest BCUT2D eigenvalue weighted by Crippen LogP contribution is -2.28. The lowest BCUT2D eigenvalue weighted by atomic mass is 10.3. The van der Waals surface area contributed by atoms with Crippen LogP contribution in [-0.2, 0) is 4.74 Å². The number of ether oxygens (including phenoxy) is 1. The highest BCUT2D eigenvalue weighted by Gasteiger charge is 2.27. The molecule has 0 saturated carbocycles. The molecule has 1 amide bonds. The predicted octanol–water partition coefficient (Wildman–Crippen LogP) is 3.36. The van der Waals surface area contributed by atoms with E-state index in [-0.39, 0.29) is 23.1 Å². The zero-order chi connectivity index (χ0) is 13.8. The minimum absolute atomic E-state index is 0.0429. The lowest BCUT2D eigenvalue weighted by Gasteiger charge is -2.08. The smallest absolute Gasteiger partial charge is 0.370 e. The van der Waals surface area contributed by atoms with Crippen LogP contribution >= 0.6 is 34.5 Å². The first-order chi connectivity index (χ1) is 8.29. The number of carbonyl (C=O) groups excluding carboxylic acids is 1. The van der Waals surface area contributed by atoms with Crippen molar-refractivity contribution in [1.29, 1.82) is 0 Å². The second-order valence-corrected chi connectivity index (χ2v) is 5.45. The Morgan fingerprint density at radius 1 is 1.44 bits per heavy atom. The molecule has 0 aromatic carbocycles. The summed E-state index contributed by atoms with van der Waals surface area (Å²) in [6, 6.07) is 1.39. The summed E-state index contributed by atoms with van der Waals surface area (Å²) in [5.41, 5.74) is 0.197. The summed E-state index contributed by atoms with van der Waals surface area (Å²) >= 11 is 12.4. The van der Waals surface area contributed by atoms with Crippen LogP contribution in [0.5, 0.6) is 0 Å². The van der Waals surface area contributed by atoms with Crippen LogP contribution < -0.4 is 5.32 Å². The summed E-state index contributed by atoms with van der Waals surface area (Å²) < 4.78 is 40.1. The van der Waals surface area contributed by atoms with E-state index in [2.05, 4.69) is 10.1 Å². The molecule has 0 spiro atoms. The molecule has 0 radical (unpaired) electrons. The Bertz CT molecular complexity index is 422. The summed E-state index contributed by atoms with van der Waals surface area (Å²) in [6.07, 6.45) is -4.37. The van der Waals surface area contributed by atoms with Gasteiger partial charge in [0.25, 0.3) is 5.91 Å². The highest BCUT2D eigenvalue weighted by atomic mass is 35.5. The minimum atomic E-state index is -4.37. The Morgan fingerprint density at radius 3 is 2.61 bits per heavy atom. The number of hydrogen-bond acceptors (Lipinski definition) is 3. The molecule has 0 aliphatic heterocycles. The van der Waals surface area contributed by atoms with Gasteiger partial charge < -0.3 is 10.1 Å². The van der Waals surface area contributed by atoms with Crippen LogP contribution in [-0.4, -0.2) is 31.8 Å². The molecule has 1 aromatic heterocycles. The van der Waals surface area contributed by atoms with Crippen molar-refractivity contribution in [2.75, 3.05) is 19.8 Å². The van der Waals surface area contributed by atoms with Crippen LogP contribution in [0.15, 0.2) is 6.07 Å². The maximum absolute atomic E-state index is 11.7. The van der Waals surface area contributed by atoms with E-state index in [1.54, 1.807) is 0 Å². The zero-order valence-corrected chi connectivity index (χ0v) is 11.1. The molecule has 1 heterocycles. The van der Waals surface area contributed by atoms with Crippen molar-refractivity contribution in [2.24, 2.45) is 0 Å². The monoisotopic (exact) mass is 321 g/mol. The molecule has 18 heavy (non-hydrogen) atoms. The van der Waals surface area contributed by atoms with Crippen molar-refractivity contribution in [3.05, 3.63) is 20.3 Å². The summed E-state index contributed by atoms with van der Waals surface area (Å²) in [5, 5.41) is 2.37. The highest BCUT2D eigenvalue weighted by Crippen LogP contribution is 2.30. The molecule has 1 N–H and O–H groups in total. The normalized spacial score (nSPS) is 11.6. The molecular weight excluding hydrogens is 314 g/mol. The number of nitrogens with one attached hydrogen (secondary N) is 1. The van der Waals surface area contributed by atoms with Gasteiger partial charge in [-0.1, -0.05) is 23.2 Å². The first kappa shape index (κ1) is 15.6. The Hall–Kier alpha value is -0.500. The molecule has 1 aromatic rings. The Morgan fingerprint density at radius 2 is 2.11 bits per heavy atom. The molecular formula is C9H8Cl2F3NO2S. The maximum Gasteiger partial charge on any atom is 0.411 e. The number of amides is 1. The lowest BCUT2D eigenvalue weighted by molar-refractivity contribution is -0.173. The summed E-state index contributed by atoms with van der Waals surface area (Å²) in [4.78, 5) is 11.5. The van der Waals surface area contributed by atoms with Gasteiger partial charge in [-0.3, -0.25) is 4.79 Å². The third kappa shape index (κ3) is 5.43. The van der Waals surface area contributed by atoms with Crippen molar-refractivity contribution >= 4 is 40.4 Å². The SMILES string of the molecule is O=C(NCCOCC(F)(F)F)c1cc(Cl)sc1Cl. The van der Waals surface area contributed by atoms with Gasteiger partial charge in [0.15, 0.2) is 0 Å². The first-order valence-electron chi connectivity index (χ1n) is 4.67. The van der Waals surface area contributed by atoms with E-state index in [1.165, 1.54) is 6.07 Å². The topological polar surface area (TPSA) is 38.3 Å². The van der Waals surface area contributed by atoms with Gasteiger partial charge in [-0.25, -0.2) is 0 Å². The van der Waals surface area contributed by atoms with E-state index in [0.717, 1.165) is 11.3 Å². The number of halogens is 5. The average molecular weight is 322 g/mol. The fourth-order valence-electron chi connectivity index (χ4n) is 1.01. The highest BCUT2D eigenvalue weighted by molar-refractivity contribution is 7.20. The van der Waals surface area contributed by atoms with Crippen LogP contribution in [0, 0.1) is 0 Å². The van der Waals surface area contributed by atoms with Crippen molar-refractivity contribution in [2.45, 2.75) is 6.18 Å². The van der Waals surface area contributed by atoms with E-state index in [4.69, 9.17) is 23.2 Å². The second-order valence-electron chi connectivity index (χ2n) is 3.16. The van der Waals surface area contributed by atoms with Crippen LogP contribution in [0.4, 0.5) is 13.2 Å². The zero-order valence-electron chi connectivity index (χ0n) is 8.81. The number of hydrogen-bond donors (Lipinski definition) is 1. The van der Waals surface area contributed by atoms with Gasteiger partial charge >= 0.3 is 6.18 Å². The molecule has 0 saturated heterocycles. The number of thiophene rings is 1. The molecule has 0 atom stereocenters. The second kappa shape index (κ2) is 6.60. The predicted molar refractivity (Wildman–Crippen MR) is 63.5 cm³/mol. The minimum Gasteiger partial charge on any atom is -0.370 e. The molecule has 9 heteroatoms. The molecule has 0 bridgehead atoms. The number of carbonyl (C=O) groups is 1. The summed E-state index contributed by atoms with van der Waals surface area (Å²) in [6.45, 7) is -1.62. The molecule has 0 fully saturated rings. The number of rotatable bonds is 5. The fraction of sp³-hybridized carbons (Fsp3) is 0.444. The molecule has 3 nitrogen and oxygen atoms in total. The van der Waals surface area contributed by atoms with Gasteiger partial charge in [-0.2, -0.15) is 13.2 Å². The van der Waals surface area contributed by atoms with Crippen molar-refractivity contribution in [3.8, 4) is 0 Å². The maximum atomic E-state index is 11.7. The van der Waals surface area contributed by atoms with Crippen LogP contribution in [0.25, 0.3) is 0 Å². The molecule has 0 aliphatic rings. The van der Waals surface area contributed by atoms with Gasteiger partial charge in [0.05, 0.1) is 16.5 Å².